The van der Waals surface area contributed by atoms with Gasteiger partial charge >= 0.3 is 5.69 Å². The summed E-state index contributed by atoms with van der Waals surface area (Å²) in [4.78, 5) is 32.1. The molecule has 10 heteroatoms. The highest BCUT2D eigenvalue weighted by atomic mass is 16.6. The van der Waals surface area contributed by atoms with E-state index in [-0.39, 0.29) is 22.8 Å². The summed E-state index contributed by atoms with van der Waals surface area (Å²) >= 11 is 0. The number of carbonyl (C=O) groups is 1. The third-order valence-electron chi connectivity index (χ3n) is 5.79. The molecule has 2 aliphatic rings. The van der Waals surface area contributed by atoms with Crippen LogP contribution < -0.4 is 4.74 Å². The first-order valence-electron chi connectivity index (χ1n) is 11.1. The topological polar surface area (TPSA) is 136 Å². The molecule has 0 N–H and O–H groups in total. The summed E-state index contributed by atoms with van der Waals surface area (Å²) in [7, 11) is 1.36. The zero-order valence-electron chi connectivity index (χ0n) is 19.5. The third kappa shape index (κ3) is 4.49. The van der Waals surface area contributed by atoms with Crippen LogP contribution in [0.1, 0.15) is 5.56 Å². The van der Waals surface area contributed by atoms with E-state index in [9.17, 15) is 20.2 Å². The Morgan fingerprint density at radius 3 is 2.73 bits per heavy atom. The zero-order chi connectivity index (χ0) is 25.9. The van der Waals surface area contributed by atoms with Crippen molar-refractivity contribution in [3.8, 4) is 28.8 Å². The monoisotopic (exact) mass is 490 g/mol. The third-order valence-corrected chi connectivity index (χ3v) is 5.79. The molecule has 0 radical (unpaired) electrons. The van der Waals surface area contributed by atoms with E-state index in [1.54, 1.807) is 41.2 Å². The molecule has 180 valence electrons. The molecule has 2 aromatic carbocycles. The SMILES string of the molecule is COc1ccc(-c2nn(-c3ccccc3)cc2/C=C(\C#N)C2=NC(=O)C3C=CC=CC3=N2)cc1[N+](=O)[O-]. The predicted octanol–water partition coefficient (Wildman–Crippen LogP) is 4.48. The van der Waals surface area contributed by atoms with Gasteiger partial charge in [-0.15, -0.1) is 0 Å². The van der Waals surface area contributed by atoms with Gasteiger partial charge in [0.1, 0.15) is 17.7 Å². The molecule has 0 bridgehead atoms. The van der Waals surface area contributed by atoms with E-state index in [2.05, 4.69) is 21.2 Å². The van der Waals surface area contributed by atoms with Crippen molar-refractivity contribution < 1.29 is 14.5 Å². The van der Waals surface area contributed by atoms with Gasteiger partial charge in [0.15, 0.2) is 11.6 Å². The number of hydrogen-bond acceptors (Lipinski definition) is 7. The van der Waals surface area contributed by atoms with Gasteiger partial charge < -0.3 is 4.74 Å². The van der Waals surface area contributed by atoms with E-state index < -0.39 is 16.7 Å². The maximum absolute atomic E-state index is 12.6. The van der Waals surface area contributed by atoms with Gasteiger partial charge in [-0.05, 0) is 36.4 Å². The number of para-hydroxylation sites is 1. The molecule has 37 heavy (non-hydrogen) atoms. The molecule has 1 unspecified atom stereocenters. The number of amides is 1. The highest BCUT2D eigenvalue weighted by Gasteiger charge is 2.28. The van der Waals surface area contributed by atoms with Crippen molar-refractivity contribution in [1.29, 1.82) is 5.26 Å². The number of rotatable bonds is 6. The first-order chi connectivity index (χ1) is 18.0. The first kappa shape index (κ1) is 23.3. The number of aliphatic imine (C=N–C) groups is 2. The highest BCUT2D eigenvalue weighted by molar-refractivity contribution is 6.26. The molecule has 10 nitrogen and oxygen atoms in total. The van der Waals surface area contributed by atoms with Crippen molar-refractivity contribution in [2.24, 2.45) is 15.9 Å². The van der Waals surface area contributed by atoms with Crippen LogP contribution in [0, 0.1) is 27.4 Å². The summed E-state index contributed by atoms with van der Waals surface area (Å²) < 4.78 is 6.73. The Balaban J connectivity index is 1.66. The number of nitro groups is 1. The summed E-state index contributed by atoms with van der Waals surface area (Å²) in [6.07, 6.45) is 10.2. The molecular weight excluding hydrogens is 472 g/mol. The van der Waals surface area contributed by atoms with Crippen LogP contribution in [-0.2, 0) is 4.79 Å². The van der Waals surface area contributed by atoms with Crippen LogP contribution in [0.25, 0.3) is 23.0 Å². The molecule has 1 aliphatic heterocycles. The van der Waals surface area contributed by atoms with Crippen molar-refractivity contribution >= 4 is 29.2 Å². The van der Waals surface area contributed by atoms with Crippen LogP contribution in [0.5, 0.6) is 5.75 Å². The fraction of sp³-hybridized carbons (Fsp3) is 0.0741. The number of aromatic nitrogens is 2. The second-order valence-corrected chi connectivity index (χ2v) is 8.06. The number of benzene rings is 2. The van der Waals surface area contributed by atoms with E-state index in [1.165, 1.54) is 25.3 Å². The molecule has 1 aliphatic carbocycles. The second kappa shape index (κ2) is 9.67. The lowest BCUT2D eigenvalue weighted by molar-refractivity contribution is -0.385. The number of hydrogen-bond donors (Lipinski definition) is 0. The van der Waals surface area contributed by atoms with Gasteiger partial charge in [0.2, 0.25) is 0 Å². The Bertz CT molecular complexity index is 1620. The largest absolute Gasteiger partial charge is 0.490 e. The minimum Gasteiger partial charge on any atom is -0.490 e. The van der Waals surface area contributed by atoms with Crippen LogP contribution >= 0.6 is 0 Å². The number of nitriles is 1. The van der Waals surface area contributed by atoms with Gasteiger partial charge in [0.25, 0.3) is 5.91 Å². The Morgan fingerprint density at radius 1 is 1.19 bits per heavy atom. The van der Waals surface area contributed by atoms with Gasteiger partial charge in [-0.1, -0.05) is 36.4 Å². The van der Waals surface area contributed by atoms with E-state index in [0.29, 0.717) is 22.5 Å². The molecule has 1 aromatic heterocycles. The highest BCUT2D eigenvalue weighted by Crippen LogP contribution is 2.34. The normalized spacial score (nSPS) is 16.5. The van der Waals surface area contributed by atoms with Crippen molar-refractivity contribution in [3.05, 3.63) is 100 Å². The number of ether oxygens (including phenoxy) is 1. The molecule has 5 rings (SSSR count). The van der Waals surface area contributed by atoms with Gasteiger partial charge in [0, 0.05) is 23.4 Å². The molecule has 1 amide bonds. The first-order valence-corrected chi connectivity index (χ1v) is 11.1. The van der Waals surface area contributed by atoms with E-state index in [1.807, 2.05) is 30.3 Å². The van der Waals surface area contributed by atoms with Crippen molar-refractivity contribution in [2.45, 2.75) is 0 Å². The van der Waals surface area contributed by atoms with Crippen LogP contribution in [0.4, 0.5) is 5.69 Å². The van der Waals surface area contributed by atoms with E-state index in [4.69, 9.17) is 4.74 Å². The molecule has 1 atom stereocenters. The number of allylic oxidation sites excluding steroid dienone is 3. The lowest BCUT2D eigenvalue weighted by Crippen LogP contribution is -2.27. The van der Waals surface area contributed by atoms with Gasteiger partial charge in [0.05, 0.1) is 29.0 Å². The number of methoxy groups -OCH3 is 1. The minimum atomic E-state index is -0.565. The average molecular weight is 490 g/mol. The molecule has 3 aromatic rings. The molecule has 0 saturated carbocycles. The van der Waals surface area contributed by atoms with Crippen LogP contribution in [0.15, 0.2) is 94.6 Å². The molecule has 0 fully saturated rings. The smallest absolute Gasteiger partial charge is 0.311 e. The Hall–Kier alpha value is -5.43. The number of nitrogens with zero attached hydrogens (tertiary/aromatic N) is 6. The van der Waals surface area contributed by atoms with E-state index in [0.717, 1.165) is 5.69 Å². The van der Waals surface area contributed by atoms with Gasteiger partial charge in [-0.3, -0.25) is 14.9 Å². The Labute approximate surface area is 211 Å². The van der Waals surface area contributed by atoms with E-state index >= 15 is 0 Å². The zero-order valence-corrected chi connectivity index (χ0v) is 19.5. The predicted molar refractivity (Wildman–Crippen MR) is 137 cm³/mol. The number of nitro benzene ring substituents is 1. The fourth-order valence-corrected chi connectivity index (χ4v) is 4.00. The maximum Gasteiger partial charge on any atom is 0.311 e. The number of fused-ring (bicyclic) bond motifs is 1. The van der Waals surface area contributed by atoms with Crippen molar-refractivity contribution in [3.63, 3.8) is 0 Å². The number of carbonyl (C=O) groups excluding carboxylic acids is 1. The van der Waals surface area contributed by atoms with Crippen LogP contribution in [0.3, 0.4) is 0 Å². The lowest BCUT2D eigenvalue weighted by atomic mass is 9.96. The average Bonchev–Trinajstić information content (AvgIpc) is 3.35. The standard InChI is InChI=1S/C27H18N6O4/c1-37-24-12-11-17(14-23(24)33(35)36)25-19(16-32(31-25)20-7-3-2-4-8-20)13-18(15-28)26-29-22-10-6-5-9-21(22)27(34)30-26/h2-14,16,21H,1H3/b18-13+. The molecule has 2 heterocycles. The Kier molecular flexibility index (Phi) is 6.10. The summed E-state index contributed by atoms with van der Waals surface area (Å²) in [6, 6.07) is 15.9. The van der Waals surface area contributed by atoms with Crippen molar-refractivity contribution in [2.75, 3.05) is 7.11 Å². The maximum atomic E-state index is 12.6. The molecule has 0 saturated heterocycles. The minimum absolute atomic E-state index is 0.00202. The van der Waals surface area contributed by atoms with Crippen LogP contribution in [-0.4, -0.2) is 39.3 Å². The molecular formula is C27H18N6O4. The fourth-order valence-electron chi connectivity index (χ4n) is 4.00. The lowest BCUT2D eigenvalue weighted by Gasteiger charge is -2.17. The van der Waals surface area contributed by atoms with Crippen LogP contribution in [0.2, 0.25) is 0 Å². The van der Waals surface area contributed by atoms with Gasteiger partial charge in [-0.2, -0.15) is 15.4 Å². The summed E-state index contributed by atoms with van der Waals surface area (Å²) in [5.74, 6) is -0.864. The molecule has 0 spiro atoms. The van der Waals surface area contributed by atoms with Gasteiger partial charge in [-0.25, -0.2) is 9.67 Å². The summed E-state index contributed by atoms with van der Waals surface area (Å²) in [5.41, 5.74) is 2.40. The second-order valence-electron chi connectivity index (χ2n) is 8.06. The Morgan fingerprint density at radius 2 is 2.00 bits per heavy atom. The number of amidine groups is 1. The van der Waals surface area contributed by atoms with Crippen molar-refractivity contribution in [1.82, 2.24) is 9.78 Å². The quantitative estimate of drug-likeness (QED) is 0.284. The summed E-state index contributed by atoms with van der Waals surface area (Å²) in [6.45, 7) is 0. The summed E-state index contributed by atoms with van der Waals surface area (Å²) in [5, 5.41) is 26.2.